The number of phosphoric acid groups is 1. The van der Waals surface area contributed by atoms with Crippen LogP contribution in [0.3, 0.4) is 0 Å². The van der Waals surface area contributed by atoms with E-state index in [1.54, 1.807) is 0 Å². The van der Waals surface area contributed by atoms with Gasteiger partial charge in [0, 0.05) is 12.8 Å². The molecule has 0 heterocycles. The van der Waals surface area contributed by atoms with Gasteiger partial charge >= 0.3 is 19.8 Å². The smallest absolute Gasteiger partial charge is 0.462 e. The number of hydrogen-bond donors (Lipinski definition) is 1. The van der Waals surface area contributed by atoms with Crippen molar-refractivity contribution in [2.75, 3.05) is 47.5 Å². The van der Waals surface area contributed by atoms with Crippen LogP contribution in [0.5, 0.6) is 0 Å². The zero-order chi connectivity index (χ0) is 61.2. The summed E-state index contributed by atoms with van der Waals surface area (Å²) in [5, 5.41) is 0. The maximum atomic E-state index is 12.9. The number of carbonyl (C=O) groups is 2. The highest BCUT2D eigenvalue weighted by Gasteiger charge is 2.27. The predicted molar refractivity (Wildman–Crippen MR) is 362 cm³/mol. The van der Waals surface area contributed by atoms with E-state index < -0.39 is 26.5 Å². The van der Waals surface area contributed by atoms with Crippen molar-refractivity contribution in [2.24, 2.45) is 0 Å². The third-order valence-corrected chi connectivity index (χ3v) is 15.5. The molecule has 0 amide bonds. The average Bonchev–Trinajstić information content (AvgIpc) is 3.61. The molecule has 84 heavy (non-hydrogen) atoms. The van der Waals surface area contributed by atoms with E-state index in [0.29, 0.717) is 17.4 Å². The van der Waals surface area contributed by atoms with Crippen LogP contribution in [0.25, 0.3) is 0 Å². The van der Waals surface area contributed by atoms with Crippen molar-refractivity contribution in [3.05, 3.63) is 122 Å². The van der Waals surface area contributed by atoms with E-state index in [1.165, 1.54) is 154 Å². The van der Waals surface area contributed by atoms with E-state index in [2.05, 4.69) is 135 Å². The Kier molecular flexibility index (Phi) is 61.2. The van der Waals surface area contributed by atoms with Crippen molar-refractivity contribution < 1.29 is 42.1 Å². The topological polar surface area (TPSA) is 108 Å². The lowest BCUT2D eigenvalue weighted by atomic mass is 10.0. The zero-order valence-electron chi connectivity index (χ0n) is 54.9. The van der Waals surface area contributed by atoms with Gasteiger partial charge in [-0.05, 0) is 109 Å². The van der Waals surface area contributed by atoms with Crippen molar-refractivity contribution in [3.63, 3.8) is 0 Å². The van der Waals surface area contributed by atoms with E-state index in [0.717, 1.165) is 96.3 Å². The highest BCUT2D eigenvalue weighted by Crippen LogP contribution is 2.43. The number of phosphoric ester groups is 1. The second kappa shape index (κ2) is 63.9. The molecule has 10 heteroatoms. The number of nitrogens with zero attached hydrogens (tertiary/aromatic N) is 1. The van der Waals surface area contributed by atoms with Crippen LogP contribution in [0, 0.1) is 0 Å². The fourth-order valence-corrected chi connectivity index (χ4v) is 9.98. The highest BCUT2D eigenvalue weighted by molar-refractivity contribution is 7.47. The Morgan fingerprint density at radius 1 is 0.381 bits per heavy atom. The molecule has 0 aliphatic carbocycles. The van der Waals surface area contributed by atoms with Crippen LogP contribution in [0.4, 0.5) is 0 Å². The van der Waals surface area contributed by atoms with Crippen molar-refractivity contribution in [1.82, 2.24) is 0 Å². The Labute approximate surface area is 518 Å². The average molecular weight is 1190 g/mol. The number of ether oxygens (including phenoxy) is 2. The summed E-state index contributed by atoms with van der Waals surface area (Å²) in [6, 6.07) is 0. The molecule has 2 unspecified atom stereocenters. The largest absolute Gasteiger partial charge is 0.472 e. The predicted octanol–water partition coefficient (Wildman–Crippen LogP) is 22.3. The van der Waals surface area contributed by atoms with Gasteiger partial charge < -0.3 is 18.9 Å². The molecular weight excluding hydrogens is 1060 g/mol. The maximum absolute atomic E-state index is 12.9. The van der Waals surface area contributed by atoms with Gasteiger partial charge in [0.1, 0.15) is 19.8 Å². The van der Waals surface area contributed by atoms with Crippen LogP contribution >= 0.6 is 7.82 Å². The summed E-state index contributed by atoms with van der Waals surface area (Å²) in [6.07, 6.45) is 91.4. The van der Waals surface area contributed by atoms with Crippen molar-refractivity contribution in [3.8, 4) is 0 Å². The first kappa shape index (κ1) is 80.4. The number of likely N-dealkylation sites (N-methyl/N-ethyl adjacent to an activating group) is 1. The molecule has 9 nitrogen and oxygen atoms in total. The van der Waals surface area contributed by atoms with Gasteiger partial charge in [0.05, 0.1) is 27.7 Å². The number of allylic oxidation sites excluding steroid dienone is 20. The number of quaternary nitrogens is 1. The lowest BCUT2D eigenvalue weighted by molar-refractivity contribution is -0.870. The van der Waals surface area contributed by atoms with Crippen molar-refractivity contribution in [1.29, 1.82) is 0 Å². The third-order valence-electron chi connectivity index (χ3n) is 14.5. The molecule has 0 aromatic carbocycles. The van der Waals surface area contributed by atoms with E-state index in [-0.39, 0.29) is 32.0 Å². The van der Waals surface area contributed by atoms with Gasteiger partial charge in [0.2, 0.25) is 0 Å². The molecule has 482 valence electrons. The van der Waals surface area contributed by atoms with Gasteiger partial charge in [0.15, 0.2) is 6.10 Å². The minimum atomic E-state index is -4.40. The number of hydrogen-bond acceptors (Lipinski definition) is 7. The summed E-state index contributed by atoms with van der Waals surface area (Å²) in [4.78, 5) is 35.9. The van der Waals surface area contributed by atoms with Crippen LogP contribution in [0.1, 0.15) is 284 Å². The standard InChI is InChI=1S/C74H128NO8P/c1-6-8-10-12-14-16-18-20-22-24-26-28-30-32-33-34-35-36-37-38-39-40-41-43-45-47-49-51-53-55-57-59-61-63-65-67-74(77)83-72(71-82-84(78,79)81-69-68-75(3,4)5)70-80-73(76)66-64-62-60-58-56-54-52-50-48-46-44-42-31-29-27-25-23-21-19-17-15-13-11-9-7-2/h8,10,14,16,19-22,25-28,31-33,35-36,38-39,42,72H,6-7,9,11-13,15,17-18,23-24,29-30,34,37,40-41,43-71H2,1-5H3/p+1/b10-8-,16-14-,21-19-,22-20-,27-25-,28-26-,33-32-,36-35-,39-38-,42-31-. The zero-order valence-corrected chi connectivity index (χ0v) is 55.7. The molecule has 0 radical (unpaired) electrons. The summed E-state index contributed by atoms with van der Waals surface area (Å²) in [5.74, 6) is -0.802. The van der Waals surface area contributed by atoms with Crippen LogP contribution in [-0.2, 0) is 32.7 Å². The van der Waals surface area contributed by atoms with E-state index >= 15 is 0 Å². The van der Waals surface area contributed by atoms with Gasteiger partial charge in [-0.1, -0.05) is 283 Å². The maximum Gasteiger partial charge on any atom is 0.472 e. The van der Waals surface area contributed by atoms with Crippen LogP contribution in [0.2, 0.25) is 0 Å². The fourth-order valence-electron chi connectivity index (χ4n) is 9.24. The fraction of sp³-hybridized carbons (Fsp3) is 0.703. The molecule has 0 aliphatic heterocycles. The molecule has 0 spiro atoms. The SMILES string of the molecule is CC/C=C\C/C=C\C/C=C\C/C=C\C/C=C\C/C=C\C/C=C\CCCCCCCCCCCCCCCC(=O)OC(COC(=O)CCCCCCCCCCCC/C=C\C/C=C\C/C=C\CCCCCCC)COP(=O)(O)OCC[N+](C)(C)C. The molecule has 0 fully saturated rings. The summed E-state index contributed by atoms with van der Waals surface area (Å²) in [7, 11) is 1.47. The van der Waals surface area contributed by atoms with Gasteiger partial charge in [-0.3, -0.25) is 18.6 Å². The Morgan fingerprint density at radius 3 is 1.01 bits per heavy atom. The normalized spacial score (nSPS) is 13.9. The van der Waals surface area contributed by atoms with Crippen molar-refractivity contribution >= 4 is 19.8 Å². The van der Waals surface area contributed by atoms with Gasteiger partial charge in [-0.15, -0.1) is 0 Å². The van der Waals surface area contributed by atoms with Crippen LogP contribution in [0.15, 0.2) is 122 Å². The Balaban J connectivity index is 4.09. The Bertz CT molecular complexity index is 1830. The molecule has 0 aromatic rings. The first-order valence-electron chi connectivity index (χ1n) is 34.3. The lowest BCUT2D eigenvalue weighted by Gasteiger charge is -2.24. The Morgan fingerprint density at radius 2 is 0.679 bits per heavy atom. The van der Waals surface area contributed by atoms with E-state index in [9.17, 15) is 19.0 Å². The molecule has 0 rings (SSSR count). The molecule has 0 saturated carbocycles. The molecule has 0 aliphatic rings. The first-order valence-corrected chi connectivity index (χ1v) is 35.8. The quantitative estimate of drug-likeness (QED) is 0.0211. The third kappa shape index (κ3) is 67.5. The molecular formula is C74H129NO8P+. The highest BCUT2D eigenvalue weighted by atomic mass is 31.2. The first-order chi connectivity index (χ1) is 41.0. The molecule has 0 aromatic heterocycles. The van der Waals surface area contributed by atoms with E-state index in [1.807, 2.05) is 21.1 Å². The summed E-state index contributed by atoms with van der Waals surface area (Å²) < 4.78 is 34.7. The number of esters is 2. The van der Waals surface area contributed by atoms with Crippen molar-refractivity contribution in [2.45, 2.75) is 290 Å². The Hall–Kier alpha value is -3.59. The van der Waals surface area contributed by atoms with Gasteiger partial charge in [0.25, 0.3) is 0 Å². The second-order valence-corrected chi connectivity index (χ2v) is 25.3. The molecule has 2 atom stereocenters. The van der Waals surface area contributed by atoms with Gasteiger partial charge in [-0.25, -0.2) is 4.57 Å². The van der Waals surface area contributed by atoms with Gasteiger partial charge in [-0.2, -0.15) is 0 Å². The summed E-state index contributed by atoms with van der Waals surface area (Å²) >= 11 is 0. The minimum absolute atomic E-state index is 0.0261. The number of carbonyl (C=O) groups excluding carboxylic acids is 2. The minimum Gasteiger partial charge on any atom is -0.462 e. The van der Waals surface area contributed by atoms with Crippen LogP contribution in [-0.4, -0.2) is 74.9 Å². The number of unbranched alkanes of at least 4 members (excludes halogenated alkanes) is 28. The summed E-state index contributed by atoms with van der Waals surface area (Å²) in [6.45, 7) is 4.32. The van der Waals surface area contributed by atoms with Crippen LogP contribution < -0.4 is 0 Å². The molecule has 1 N–H and O–H groups in total. The van der Waals surface area contributed by atoms with E-state index in [4.69, 9.17) is 18.5 Å². The second-order valence-electron chi connectivity index (χ2n) is 23.8. The number of rotatable bonds is 62. The lowest BCUT2D eigenvalue weighted by Crippen LogP contribution is -2.37. The molecule has 0 saturated heterocycles. The molecule has 0 bridgehead atoms. The monoisotopic (exact) mass is 1190 g/mol. The summed E-state index contributed by atoms with van der Waals surface area (Å²) in [5.41, 5.74) is 0.